The standard InChI is InChI=1S/C15H23N3O3/c1-14(2,3)21-13(20)18-15(4,5)10-17-12(19)11-6-8-16-9-7-11/h6-9H,10H2,1-5H3,(H,17,19)(H,18,20). The number of pyridine rings is 1. The van der Waals surface area contributed by atoms with E-state index in [2.05, 4.69) is 15.6 Å². The molecule has 21 heavy (non-hydrogen) atoms. The van der Waals surface area contributed by atoms with E-state index in [1.807, 2.05) is 13.8 Å². The van der Waals surface area contributed by atoms with Gasteiger partial charge in [0.1, 0.15) is 5.60 Å². The molecule has 0 fully saturated rings. The normalized spacial score (nSPS) is 11.7. The summed E-state index contributed by atoms with van der Waals surface area (Å²) in [6, 6.07) is 3.26. The number of carbonyl (C=O) groups is 2. The zero-order valence-electron chi connectivity index (χ0n) is 13.2. The number of hydrogen-bond acceptors (Lipinski definition) is 4. The summed E-state index contributed by atoms with van der Waals surface area (Å²) in [6.07, 6.45) is 2.60. The van der Waals surface area contributed by atoms with Crippen molar-refractivity contribution in [3.05, 3.63) is 30.1 Å². The Hall–Kier alpha value is -2.11. The molecule has 2 amide bonds. The minimum Gasteiger partial charge on any atom is -0.444 e. The summed E-state index contributed by atoms with van der Waals surface area (Å²) in [5, 5.41) is 5.50. The fourth-order valence-electron chi connectivity index (χ4n) is 1.53. The smallest absolute Gasteiger partial charge is 0.408 e. The van der Waals surface area contributed by atoms with E-state index in [0.717, 1.165) is 0 Å². The highest BCUT2D eigenvalue weighted by Crippen LogP contribution is 2.09. The van der Waals surface area contributed by atoms with E-state index < -0.39 is 17.2 Å². The third-order valence-corrected chi connectivity index (χ3v) is 2.47. The topological polar surface area (TPSA) is 80.3 Å². The summed E-state index contributed by atoms with van der Waals surface area (Å²) in [4.78, 5) is 27.5. The predicted octanol–water partition coefficient (Wildman–Crippen LogP) is 2.11. The second kappa shape index (κ2) is 6.56. The van der Waals surface area contributed by atoms with Crippen LogP contribution in [0.1, 0.15) is 45.0 Å². The Labute approximate surface area is 125 Å². The molecule has 1 rings (SSSR count). The van der Waals surface area contributed by atoms with E-state index in [9.17, 15) is 9.59 Å². The van der Waals surface area contributed by atoms with Gasteiger partial charge in [-0.1, -0.05) is 0 Å². The Morgan fingerprint density at radius 2 is 1.71 bits per heavy atom. The Morgan fingerprint density at radius 1 is 1.14 bits per heavy atom. The summed E-state index contributed by atoms with van der Waals surface area (Å²) in [5.74, 6) is -0.212. The van der Waals surface area contributed by atoms with Gasteiger partial charge in [0, 0.05) is 24.5 Å². The lowest BCUT2D eigenvalue weighted by Gasteiger charge is -2.28. The largest absolute Gasteiger partial charge is 0.444 e. The lowest BCUT2D eigenvalue weighted by Crippen LogP contribution is -2.52. The molecule has 0 spiro atoms. The average Bonchev–Trinajstić information content (AvgIpc) is 2.34. The molecule has 1 heterocycles. The van der Waals surface area contributed by atoms with Crippen molar-refractivity contribution in [1.29, 1.82) is 0 Å². The Morgan fingerprint density at radius 3 is 2.24 bits per heavy atom. The molecule has 0 atom stereocenters. The van der Waals surface area contributed by atoms with E-state index in [4.69, 9.17) is 4.74 Å². The van der Waals surface area contributed by atoms with E-state index in [0.29, 0.717) is 5.56 Å². The molecule has 0 aromatic carbocycles. The van der Waals surface area contributed by atoms with Crippen LogP contribution in [0.25, 0.3) is 0 Å². The minimum absolute atomic E-state index is 0.212. The van der Waals surface area contributed by atoms with E-state index in [1.165, 1.54) is 0 Å². The number of nitrogens with zero attached hydrogens (tertiary/aromatic N) is 1. The van der Waals surface area contributed by atoms with Gasteiger partial charge in [0.15, 0.2) is 0 Å². The molecular formula is C15H23N3O3. The van der Waals surface area contributed by atoms with Crippen LogP contribution in [0.15, 0.2) is 24.5 Å². The van der Waals surface area contributed by atoms with Crippen LogP contribution < -0.4 is 10.6 Å². The van der Waals surface area contributed by atoms with Crippen LogP contribution >= 0.6 is 0 Å². The number of nitrogens with one attached hydrogen (secondary N) is 2. The Balaban J connectivity index is 2.49. The van der Waals surface area contributed by atoms with Gasteiger partial charge >= 0.3 is 6.09 Å². The van der Waals surface area contributed by atoms with Gasteiger partial charge in [-0.3, -0.25) is 9.78 Å². The van der Waals surface area contributed by atoms with Crippen molar-refractivity contribution in [2.24, 2.45) is 0 Å². The van der Waals surface area contributed by atoms with Crippen LogP contribution in [0, 0.1) is 0 Å². The highest BCUT2D eigenvalue weighted by atomic mass is 16.6. The van der Waals surface area contributed by atoms with Crippen molar-refractivity contribution < 1.29 is 14.3 Å². The van der Waals surface area contributed by atoms with Crippen molar-refractivity contribution >= 4 is 12.0 Å². The first kappa shape index (κ1) is 16.9. The number of aromatic nitrogens is 1. The van der Waals surface area contributed by atoms with Gasteiger partial charge in [-0.15, -0.1) is 0 Å². The molecule has 1 aromatic rings. The monoisotopic (exact) mass is 293 g/mol. The molecule has 6 nitrogen and oxygen atoms in total. The first-order chi connectivity index (χ1) is 9.59. The van der Waals surface area contributed by atoms with Gasteiger partial charge in [0.2, 0.25) is 0 Å². The van der Waals surface area contributed by atoms with Crippen LogP contribution in [0.5, 0.6) is 0 Å². The lowest BCUT2D eigenvalue weighted by atomic mass is 10.1. The molecule has 0 aliphatic carbocycles. The highest BCUT2D eigenvalue weighted by Gasteiger charge is 2.25. The van der Waals surface area contributed by atoms with Crippen molar-refractivity contribution in [2.75, 3.05) is 6.54 Å². The number of ether oxygens (including phenoxy) is 1. The highest BCUT2D eigenvalue weighted by molar-refractivity contribution is 5.94. The number of hydrogen-bond donors (Lipinski definition) is 2. The van der Waals surface area contributed by atoms with Crippen LogP contribution in [0.2, 0.25) is 0 Å². The van der Waals surface area contributed by atoms with E-state index >= 15 is 0 Å². The molecular weight excluding hydrogens is 270 g/mol. The molecule has 116 valence electrons. The molecule has 0 radical (unpaired) electrons. The zero-order valence-corrected chi connectivity index (χ0v) is 13.2. The van der Waals surface area contributed by atoms with Crippen LogP contribution in [0.4, 0.5) is 4.79 Å². The third-order valence-electron chi connectivity index (χ3n) is 2.47. The van der Waals surface area contributed by atoms with E-state index in [1.54, 1.807) is 45.3 Å². The van der Waals surface area contributed by atoms with Crippen LogP contribution in [-0.4, -0.2) is 34.7 Å². The van der Waals surface area contributed by atoms with Gasteiger partial charge in [0.25, 0.3) is 5.91 Å². The molecule has 0 bridgehead atoms. The fourth-order valence-corrected chi connectivity index (χ4v) is 1.53. The molecule has 0 aliphatic rings. The van der Waals surface area contributed by atoms with Gasteiger partial charge < -0.3 is 15.4 Å². The van der Waals surface area contributed by atoms with Gasteiger partial charge in [0.05, 0.1) is 5.54 Å². The zero-order chi connectivity index (χ0) is 16.1. The average molecular weight is 293 g/mol. The first-order valence-corrected chi connectivity index (χ1v) is 6.78. The molecule has 1 aromatic heterocycles. The molecule has 2 N–H and O–H groups in total. The second-order valence-corrected chi connectivity index (χ2v) is 6.43. The predicted molar refractivity (Wildman–Crippen MR) is 80.0 cm³/mol. The maximum atomic E-state index is 11.9. The molecule has 0 unspecified atom stereocenters. The Kier molecular flexibility index (Phi) is 5.29. The summed E-state index contributed by atoms with van der Waals surface area (Å²) >= 11 is 0. The second-order valence-electron chi connectivity index (χ2n) is 6.43. The van der Waals surface area contributed by atoms with Crippen LogP contribution in [0.3, 0.4) is 0 Å². The number of amides is 2. The van der Waals surface area contributed by atoms with Crippen molar-refractivity contribution in [1.82, 2.24) is 15.6 Å². The van der Waals surface area contributed by atoms with E-state index in [-0.39, 0.29) is 12.5 Å². The first-order valence-electron chi connectivity index (χ1n) is 6.78. The number of carbonyl (C=O) groups excluding carboxylic acids is 2. The lowest BCUT2D eigenvalue weighted by molar-refractivity contribution is 0.0469. The van der Waals surface area contributed by atoms with Gasteiger partial charge in [-0.25, -0.2) is 4.79 Å². The summed E-state index contributed by atoms with van der Waals surface area (Å²) in [5.41, 5.74) is -0.649. The molecule has 0 saturated heterocycles. The summed E-state index contributed by atoms with van der Waals surface area (Å²) in [7, 11) is 0. The number of alkyl carbamates (subject to hydrolysis) is 1. The SMILES string of the molecule is CC(C)(CNC(=O)c1ccncc1)NC(=O)OC(C)(C)C. The fraction of sp³-hybridized carbons (Fsp3) is 0.533. The van der Waals surface area contributed by atoms with Gasteiger partial charge in [-0.2, -0.15) is 0 Å². The maximum absolute atomic E-state index is 11.9. The van der Waals surface area contributed by atoms with Crippen molar-refractivity contribution in [2.45, 2.75) is 45.8 Å². The van der Waals surface area contributed by atoms with Crippen molar-refractivity contribution in [3.8, 4) is 0 Å². The summed E-state index contributed by atoms with van der Waals surface area (Å²) < 4.78 is 5.19. The summed E-state index contributed by atoms with van der Waals surface area (Å²) in [6.45, 7) is 9.29. The number of rotatable bonds is 4. The van der Waals surface area contributed by atoms with Crippen LogP contribution in [-0.2, 0) is 4.74 Å². The van der Waals surface area contributed by atoms with Gasteiger partial charge in [-0.05, 0) is 46.8 Å². The Bertz CT molecular complexity index is 493. The van der Waals surface area contributed by atoms with Crippen molar-refractivity contribution in [3.63, 3.8) is 0 Å². The molecule has 0 aliphatic heterocycles. The maximum Gasteiger partial charge on any atom is 0.408 e. The third kappa shape index (κ3) is 6.74. The molecule has 6 heteroatoms. The quantitative estimate of drug-likeness (QED) is 0.891. The molecule has 0 saturated carbocycles. The minimum atomic E-state index is -0.620.